The van der Waals surface area contributed by atoms with Gasteiger partial charge in [-0.05, 0) is 69.7 Å². The Kier molecular flexibility index (Phi) is 13.5. The van der Waals surface area contributed by atoms with Crippen LogP contribution in [-0.4, -0.2) is 84.2 Å². The van der Waals surface area contributed by atoms with Gasteiger partial charge in [-0.1, -0.05) is 56.5 Å². The largest absolute Gasteiger partial charge is 0.490 e. The summed E-state index contributed by atoms with van der Waals surface area (Å²) in [5, 5.41) is 13.3. The van der Waals surface area contributed by atoms with E-state index in [2.05, 4.69) is 5.32 Å². The Bertz CT molecular complexity index is 1280. The number of ether oxygens (including phenoxy) is 2. The number of rotatable bonds is 8. The lowest BCUT2D eigenvalue weighted by atomic mass is 9.88. The fourth-order valence-corrected chi connectivity index (χ4v) is 6.35. The average Bonchev–Trinajstić information content (AvgIpc) is 3.06. The first-order valence-corrected chi connectivity index (χ1v) is 17.1. The number of aliphatic hydroxyl groups is 1. The van der Waals surface area contributed by atoms with Gasteiger partial charge in [-0.25, -0.2) is 0 Å². The number of hydrogen-bond acceptors (Lipinski definition) is 6. The van der Waals surface area contributed by atoms with E-state index in [1.54, 1.807) is 35.0 Å². The van der Waals surface area contributed by atoms with Gasteiger partial charge in [0.25, 0.3) is 5.91 Å². The minimum Gasteiger partial charge on any atom is -0.490 e. The van der Waals surface area contributed by atoms with Crippen LogP contribution in [0.1, 0.15) is 88.1 Å². The van der Waals surface area contributed by atoms with Crippen LogP contribution < -0.4 is 10.1 Å². The van der Waals surface area contributed by atoms with Crippen LogP contribution in [0.25, 0.3) is 0 Å². The fraction of sp³-hybridized carbons (Fsp3) is 0.595. The van der Waals surface area contributed by atoms with Crippen molar-refractivity contribution in [3.05, 3.63) is 59.7 Å². The molecular weight excluding hydrogens is 582 g/mol. The molecule has 0 radical (unpaired) electrons. The number of carbonyl (C=O) groups is 3. The molecule has 1 heterocycles. The van der Waals surface area contributed by atoms with Gasteiger partial charge in [0.05, 0.1) is 36.8 Å². The third kappa shape index (κ3) is 10.0. The molecule has 2 aromatic rings. The van der Waals surface area contributed by atoms with Crippen LogP contribution in [-0.2, 0) is 20.7 Å². The number of benzene rings is 2. The molecule has 1 fully saturated rings. The highest BCUT2D eigenvalue weighted by Crippen LogP contribution is 2.30. The number of nitrogens with zero attached hydrogens (tertiary/aromatic N) is 2. The van der Waals surface area contributed by atoms with Crippen LogP contribution in [0.3, 0.4) is 0 Å². The molecule has 3 amide bonds. The van der Waals surface area contributed by atoms with Gasteiger partial charge in [-0.2, -0.15) is 0 Å². The maximum atomic E-state index is 14.4. The number of likely N-dealkylation sites (N-methyl/N-ethyl adjacent to an activating group) is 1. The highest BCUT2D eigenvalue weighted by Gasteiger charge is 2.31. The van der Waals surface area contributed by atoms with E-state index in [1.807, 2.05) is 51.1 Å². The van der Waals surface area contributed by atoms with E-state index in [9.17, 15) is 19.5 Å². The van der Waals surface area contributed by atoms with Gasteiger partial charge < -0.3 is 29.7 Å². The minimum absolute atomic E-state index is 0.000710. The van der Waals surface area contributed by atoms with Gasteiger partial charge in [0.15, 0.2) is 0 Å². The monoisotopic (exact) mass is 635 g/mol. The SMILES string of the molecule is C[C@@H]1CCCCO[C@H](CN(C)C(=O)Cc2ccccc2)[C@H](C)CN([C@@H](C)CO)C(=O)c2cc(NC(=O)C3CCCCC3)ccc2O1. The van der Waals surface area contributed by atoms with Gasteiger partial charge in [-0.3, -0.25) is 14.4 Å². The minimum atomic E-state index is -0.480. The number of hydrogen-bond donors (Lipinski definition) is 2. The average molecular weight is 636 g/mol. The molecule has 2 aliphatic rings. The van der Waals surface area contributed by atoms with Crippen molar-refractivity contribution in [3.63, 3.8) is 0 Å². The van der Waals surface area contributed by atoms with E-state index < -0.39 is 6.04 Å². The van der Waals surface area contributed by atoms with Crippen molar-refractivity contribution in [1.82, 2.24) is 9.80 Å². The zero-order chi connectivity index (χ0) is 33.1. The Morgan fingerprint density at radius 1 is 1.02 bits per heavy atom. The molecule has 9 nitrogen and oxygen atoms in total. The summed E-state index contributed by atoms with van der Waals surface area (Å²) >= 11 is 0. The van der Waals surface area contributed by atoms with E-state index in [1.165, 1.54) is 0 Å². The van der Waals surface area contributed by atoms with Crippen molar-refractivity contribution in [2.24, 2.45) is 11.8 Å². The van der Waals surface area contributed by atoms with E-state index in [-0.39, 0.29) is 48.4 Å². The molecule has 9 heteroatoms. The molecule has 2 N–H and O–H groups in total. The molecule has 46 heavy (non-hydrogen) atoms. The lowest BCUT2D eigenvalue weighted by Crippen LogP contribution is -2.48. The Morgan fingerprint density at radius 3 is 2.46 bits per heavy atom. The zero-order valence-electron chi connectivity index (χ0n) is 28.1. The van der Waals surface area contributed by atoms with E-state index >= 15 is 0 Å². The van der Waals surface area contributed by atoms with Crippen LogP contribution in [0.4, 0.5) is 5.69 Å². The number of amides is 3. The summed E-state index contributed by atoms with van der Waals surface area (Å²) in [5.74, 6) is 0.00468. The van der Waals surface area contributed by atoms with Crippen LogP contribution in [0.5, 0.6) is 5.75 Å². The number of fused-ring (bicyclic) bond motifs is 1. The maximum Gasteiger partial charge on any atom is 0.258 e. The van der Waals surface area contributed by atoms with Gasteiger partial charge in [0, 0.05) is 44.3 Å². The van der Waals surface area contributed by atoms with Crippen molar-refractivity contribution < 1.29 is 29.0 Å². The highest BCUT2D eigenvalue weighted by atomic mass is 16.5. The number of anilines is 1. The Balaban J connectivity index is 1.58. The Labute approximate surface area is 274 Å². The van der Waals surface area contributed by atoms with Gasteiger partial charge in [0.2, 0.25) is 11.8 Å². The third-order valence-electron chi connectivity index (χ3n) is 9.37. The third-order valence-corrected chi connectivity index (χ3v) is 9.37. The molecule has 0 unspecified atom stereocenters. The maximum absolute atomic E-state index is 14.4. The Hall–Kier alpha value is -3.43. The summed E-state index contributed by atoms with van der Waals surface area (Å²) in [6, 6.07) is 14.5. The molecule has 0 spiro atoms. The van der Waals surface area contributed by atoms with Crippen LogP contribution in [0, 0.1) is 11.8 Å². The van der Waals surface area contributed by atoms with E-state index in [0.29, 0.717) is 43.1 Å². The molecule has 4 atom stereocenters. The van der Waals surface area contributed by atoms with Crippen LogP contribution in [0.15, 0.2) is 48.5 Å². The molecule has 1 aliphatic heterocycles. The molecule has 1 aliphatic carbocycles. The predicted molar refractivity (Wildman–Crippen MR) is 180 cm³/mol. The van der Waals surface area contributed by atoms with Gasteiger partial charge in [0.1, 0.15) is 5.75 Å². The Morgan fingerprint density at radius 2 is 1.74 bits per heavy atom. The normalized spacial score (nSPS) is 22.6. The summed E-state index contributed by atoms with van der Waals surface area (Å²) in [6.45, 7) is 6.84. The van der Waals surface area contributed by atoms with Crippen molar-refractivity contribution >= 4 is 23.4 Å². The highest BCUT2D eigenvalue weighted by molar-refractivity contribution is 6.00. The standard InChI is InChI=1S/C37H53N3O6/c1-26-23-40(27(2)25-41)37(44)32-22-31(38-36(43)30-16-9-6-10-17-30)18-19-33(32)46-28(3)13-11-12-20-45-34(26)24-39(4)35(42)21-29-14-7-5-8-15-29/h5,7-8,14-15,18-19,22,26-28,30,34,41H,6,9-13,16-17,20-21,23-25H2,1-4H3,(H,38,43)/t26-,27+,28-,34-/m1/s1. The summed E-state index contributed by atoms with van der Waals surface area (Å²) < 4.78 is 12.7. The van der Waals surface area contributed by atoms with Crippen molar-refractivity contribution in [2.75, 3.05) is 38.7 Å². The lowest BCUT2D eigenvalue weighted by molar-refractivity contribution is -0.132. The second-order valence-electron chi connectivity index (χ2n) is 13.3. The lowest BCUT2D eigenvalue weighted by Gasteiger charge is -2.36. The molecule has 4 rings (SSSR count). The molecule has 0 bridgehead atoms. The molecular formula is C37H53N3O6. The van der Waals surface area contributed by atoms with Crippen molar-refractivity contribution in [1.29, 1.82) is 0 Å². The predicted octanol–water partition coefficient (Wildman–Crippen LogP) is 5.70. The van der Waals surface area contributed by atoms with E-state index in [0.717, 1.165) is 56.9 Å². The second-order valence-corrected chi connectivity index (χ2v) is 13.3. The summed E-state index contributed by atoms with van der Waals surface area (Å²) in [5.41, 5.74) is 1.87. The van der Waals surface area contributed by atoms with Crippen LogP contribution >= 0.6 is 0 Å². The molecule has 0 aromatic heterocycles. The first-order valence-electron chi connectivity index (χ1n) is 17.1. The second kappa shape index (κ2) is 17.5. The first kappa shape index (κ1) is 35.4. The first-order chi connectivity index (χ1) is 22.2. The summed E-state index contributed by atoms with van der Waals surface area (Å²) in [7, 11) is 1.80. The number of carbonyl (C=O) groups excluding carboxylic acids is 3. The number of nitrogens with one attached hydrogen (secondary N) is 1. The molecule has 1 saturated carbocycles. The van der Waals surface area contributed by atoms with Crippen LogP contribution in [0.2, 0.25) is 0 Å². The molecule has 0 saturated heterocycles. The van der Waals surface area contributed by atoms with Gasteiger partial charge >= 0.3 is 0 Å². The topological polar surface area (TPSA) is 108 Å². The van der Waals surface area contributed by atoms with Gasteiger partial charge in [-0.15, -0.1) is 0 Å². The van der Waals surface area contributed by atoms with Crippen molar-refractivity contribution in [2.45, 2.75) is 96.8 Å². The fourth-order valence-electron chi connectivity index (χ4n) is 6.35. The molecule has 2 aromatic carbocycles. The smallest absolute Gasteiger partial charge is 0.258 e. The quantitative estimate of drug-likeness (QED) is 0.385. The van der Waals surface area contributed by atoms with E-state index in [4.69, 9.17) is 9.47 Å². The number of aliphatic hydroxyl groups excluding tert-OH is 1. The summed E-state index contributed by atoms with van der Waals surface area (Å²) in [6.07, 6.45) is 7.39. The van der Waals surface area contributed by atoms with Crippen molar-refractivity contribution in [3.8, 4) is 5.75 Å². The summed E-state index contributed by atoms with van der Waals surface area (Å²) in [4.78, 5) is 43.9. The zero-order valence-corrected chi connectivity index (χ0v) is 28.1. The molecule has 252 valence electrons.